The molecule has 0 saturated carbocycles. The number of hydrogen-bond donors (Lipinski definition) is 1. The van der Waals surface area contributed by atoms with Gasteiger partial charge in [0.25, 0.3) is 0 Å². The van der Waals surface area contributed by atoms with Gasteiger partial charge in [0.05, 0.1) is 11.4 Å². The fourth-order valence-electron chi connectivity index (χ4n) is 1.47. The molecule has 6 heteroatoms. The van der Waals surface area contributed by atoms with Crippen molar-refractivity contribution in [3.05, 3.63) is 15.6 Å². The summed E-state index contributed by atoms with van der Waals surface area (Å²) in [6.45, 7) is 3.89. The highest BCUT2D eigenvalue weighted by Crippen LogP contribution is 2.22. The van der Waals surface area contributed by atoms with Crippen LogP contribution >= 0.6 is 24.0 Å². The van der Waals surface area contributed by atoms with Gasteiger partial charge in [0.1, 0.15) is 10.8 Å². The first-order valence-electron chi connectivity index (χ1n) is 5.31. The minimum absolute atomic E-state index is 0.0757. The molecule has 0 aromatic carbocycles. The van der Waals surface area contributed by atoms with Crippen molar-refractivity contribution in [1.29, 1.82) is 0 Å². The normalized spacial score (nSPS) is 11.9. The lowest BCUT2D eigenvalue weighted by Crippen LogP contribution is -2.08. The Morgan fingerprint density at radius 1 is 1.38 bits per heavy atom. The van der Waals surface area contributed by atoms with Crippen molar-refractivity contribution in [2.24, 2.45) is 0 Å². The molecular formula is C10H17NO2S3. The van der Waals surface area contributed by atoms with Gasteiger partial charge in [-0.05, 0) is 12.8 Å². The van der Waals surface area contributed by atoms with E-state index in [1.54, 1.807) is 0 Å². The Labute approximate surface area is 107 Å². The predicted molar refractivity (Wildman–Crippen MR) is 72.0 cm³/mol. The number of rotatable bonds is 6. The lowest BCUT2D eigenvalue weighted by molar-refractivity contribution is 0.593. The maximum atomic E-state index is 11.6. The van der Waals surface area contributed by atoms with Crippen LogP contribution in [0.4, 0.5) is 0 Å². The summed E-state index contributed by atoms with van der Waals surface area (Å²) in [7, 11) is -2.98. The lowest BCUT2D eigenvalue weighted by Gasteiger charge is -1.98. The molecule has 0 unspecified atom stereocenters. The monoisotopic (exact) mass is 279 g/mol. The second-order valence-corrected chi connectivity index (χ2v) is 7.25. The first-order chi connectivity index (χ1) is 7.52. The Morgan fingerprint density at radius 2 is 2.06 bits per heavy atom. The summed E-state index contributed by atoms with van der Waals surface area (Å²) >= 11 is 5.69. The van der Waals surface area contributed by atoms with Crippen LogP contribution in [0.3, 0.4) is 0 Å². The number of hydrogen-bond acceptors (Lipinski definition) is 5. The molecule has 0 aliphatic carbocycles. The molecule has 0 atom stereocenters. The van der Waals surface area contributed by atoms with Crippen molar-refractivity contribution in [2.45, 2.75) is 38.2 Å². The fourth-order valence-corrected chi connectivity index (χ4v) is 4.64. The van der Waals surface area contributed by atoms with E-state index in [4.69, 9.17) is 0 Å². The average Bonchev–Trinajstić information content (AvgIpc) is 2.59. The first kappa shape index (κ1) is 14.0. The maximum Gasteiger partial charge on any atom is 0.156 e. The summed E-state index contributed by atoms with van der Waals surface area (Å²) < 4.78 is 23.3. The number of nitrogens with zero attached hydrogens (tertiary/aromatic N) is 1. The minimum Gasteiger partial charge on any atom is -0.245 e. The van der Waals surface area contributed by atoms with E-state index in [1.165, 1.54) is 11.3 Å². The summed E-state index contributed by atoms with van der Waals surface area (Å²) in [6.07, 6.45) is 1.49. The van der Waals surface area contributed by atoms with Gasteiger partial charge in [-0.3, -0.25) is 0 Å². The molecular weight excluding hydrogens is 262 g/mol. The number of aryl methyl sites for hydroxylation is 1. The summed E-state index contributed by atoms with van der Waals surface area (Å²) in [4.78, 5) is 5.45. The van der Waals surface area contributed by atoms with Gasteiger partial charge in [0.2, 0.25) is 0 Å². The molecule has 1 heterocycles. The van der Waals surface area contributed by atoms with E-state index >= 15 is 0 Å². The van der Waals surface area contributed by atoms with Gasteiger partial charge in [0, 0.05) is 10.6 Å². The Morgan fingerprint density at radius 3 is 2.50 bits per heavy atom. The van der Waals surface area contributed by atoms with Crippen molar-refractivity contribution >= 4 is 33.8 Å². The molecule has 0 amide bonds. The zero-order valence-electron chi connectivity index (χ0n) is 9.56. The minimum atomic E-state index is -2.98. The van der Waals surface area contributed by atoms with E-state index in [0.717, 1.165) is 17.0 Å². The highest BCUT2D eigenvalue weighted by atomic mass is 32.2. The van der Waals surface area contributed by atoms with Crippen LogP contribution in [-0.4, -0.2) is 19.2 Å². The van der Waals surface area contributed by atoms with Gasteiger partial charge < -0.3 is 0 Å². The van der Waals surface area contributed by atoms with Crippen LogP contribution in [0, 0.1) is 0 Å². The van der Waals surface area contributed by atoms with E-state index in [9.17, 15) is 8.42 Å². The Bertz CT molecular complexity index is 415. The van der Waals surface area contributed by atoms with Gasteiger partial charge in [-0.1, -0.05) is 13.8 Å². The van der Waals surface area contributed by atoms with Gasteiger partial charge in [-0.2, -0.15) is 12.6 Å². The van der Waals surface area contributed by atoms with Crippen LogP contribution < -0.4 is 0 Å². The molecule has 1 rings (SSSR count). The second-order valence-electron chi connectivity index (χ2n) is 3.58. The molecule has 0 aliphatic heterocycles. The molecule has 3 nitrogen and oxygen atoms in total. The second kappa shape index (κ2) is 6.02. The van der Waals surface area contributed by atoms with Gasteiger partial charge in [-0.15, -0.1) is 11.3 Å². The number of thiol groups is 1. The molecule has 0 fully saturated rings. The van der Waals surface area contributed by atoms with Crippen LogP contribution in [0.1, 0.15) is 35.8 Å². The SMILES string of the molecule is CCCS(=O)(=O)Cc1nc(CC)c(CS)s1. The zero-order valence-corrected chi connectivity index (χ0v) is 12.1. The van der Waals surface area contributed by atoms with Crippen molar-refractivity contribution in [1.82, 2.24) is 4.98 Å². The third-order valence-electron chi connectivity index (χ3n) is 2.16. The standard InChI is InChI=1S/C10H17NO2S3/c1-3-5-16(12,13)7-10-11-8(4-2)9(6-14)15-10/h14H,3-7H2,1-2H3. The van der Waals surface area contributed by atoms with Crippen molar-refractivity contribution in [2.75, 3.05) is 5.75 Å². The highest BCUT2D eigenvalue weighted by molar-refractivity contribution is 7.90. The third-order valence-corrected chi connectivity index (χ3v) is 5.71. The molecule has 1 aromatic rings. The van der Waals surface area contributed by atoms with E-state index in [1.807, 2.05) is 13.8 Å². The van der Waals surface area contributed by atoms with E-state index in [-0.39, 0.29) is 11.5 Å². The van der Waals surface area contributed by atoms with Crippen molar-refractivity contribution < 1.29 is 8.42 Å². The molecule has 92 valence electrons. The molecule has 0 spiro atoms. The van der Waals surface area contributed by atoms with Gasteiger partial charge in [-0.25, -0.2) is 13.4 Å². The number of aromatic nitrogens is 1. The molecule has 0 aliphatic rings. The summed E-state index contributed by atoms with van der Waals surface area (Å²) in [5.41, 5.74) is 0.988. The van der Waals surface area contributed by atoms with E-state index in [2.05, 4.69) is 17.6 Å². The quantitative estimate of drug-likeness (QED) is 0.814. The van der Waals surface area contributed by atoms with Crippen LogP contribution in [0.5, 0.6) is 0 Å². The van der Waals surface area contributed by atoms with Crippen LogP contribution in [-0.2, 0) is 27.8 Å². The molecule has 0 saturated heterocycles. The molecule has 0 bridgehead atoms. The molecule has 1 aromatic heterocycles. The fraction of sp³-hybridized carbons (Fsp3) is 0.700. The zero-order chi connectivity index (χ0) is 12.2. The average molecular weight is 279 g/mol. The molecule has 0 N–H and O–H groups in total. The summed E-state index contributed by atoms with van der Waals surface area (Å²) in [6, 6.07) is 0. The molecule has 0 radical (unpaired) electrons. The van der Waals surface area contributed by atoms with Crippen molar-refractivity contribution in [3.8, 4) is 0 Å². The van der Waals surface area contributed by atoms with Crippen LogP contribution in [0.25, 0.3) is 0 Å². The predicted octanol–water partition coefficient (Wildman–Crippen LogP) is 2.46. The van der Waals surface area contributed by atoms with Crippen molar-refractivity contribution in [3.63, 3.8) is 0 Å². The highest BCUT2D eigenvalue weighted by Gasteiger charge is 2.15. The van der Waals surface area contributed by atoms with E-state index < -0.39 is 9.84 Å². The topological polar surface area (TPSA) is 47.0 Å². The number of sulfone groups is 1. The largest absolute Gasteiger partial charge is 0.245 e. The van der Waals surface area contributed by atoms with E-state index in [0.29, 0.717) is 17.2 Å². The van der Waals surface area contributed by atoms with Gasteiger partial charge >= 0.3 is 0 Å². The lowest BCUT2D eigenvalue weighted by atomic mass is 10.3. The maximum absolute atomic E-state index is 11.6. The first-order valence-corrected chi connectivity index (χ1v) is 8.58. The van der Waals surface area contributed by atoms with Crippen LogP contribution in [0.15, 0.2) is 0 Å². The Kier molecular flexibility index (Phi) is 5.27. The summed E-state index contributed by atoms with van der Waals surface area (Å²) in [5.74, 6) is 0.950. The third kappa shape index (κ3) is 3.75. The van der Waals surface area contributed by atoms with Gasteiger partial charge in [0.15, 0.2) is 9.84 Å². The summed E-state index contributed by atoms with van der Waals surface area (Å²) in [5, 5.41) is 0.703. The Hall–Kier alpha value is -0.0700. The number of thiazole rings is 1. The Balaban J connectivity index is 2.86. The molecule has 16 heavy (non-hydrogen) atoms. The van der Waals surface area contributed by atoms with Crippen LogP contribution in [0.2, 0.25) is 0 Å². The smallest absolute Gasteiger partial charge is 0.156 e.